The average Bonchev–Trinajstić information content (AvgIpc) is 2.73. The van der Waals surface area contributed by atoms with Gasteiger partial charge in [-0.15, -0.1) is 0 Å². The third-order valence-corrected chi connectivity index (χ3v) is 3.68. The maximum absolute atomic E-state index is 13.8. The molecule has 100 valence electrons. The highest BCUT2D eigenvalue weighted by Crippen LogP contribution is 2.42. The number of carbonyl (C=O) groups is 1. The first-order valence-corrected chi connectivity index (χ1v) is 6.23. The van der Waals surface area contributed by atoms with Crippen LogP contribution in [-0.2, 0) is 4.79 Å². The fourth-order valence-corrected chi connectivity index (χ4v) is 2.90. The van der Waals surface area contributed by atoms with Crippen molar-refractivity contribution >= 4 is 5.91 Å². The first kappa shape index (κ1) is 12.3. The van der Waals surface area contributed by atoms with Crippen molar-refractivity contribution in [1.82, 2.24) is 4.90 Å². The standard InChI is InChI=1S/C14H12F3NO/c15-8-6-10(16)14(11(17)7-8)12-5-4-9-2-1-3-13(19)18(9)12/h2,6-7,12H,1,3-5H2/t12-/m0/s1. The molecule has 1 fully saturated rings. The number of hydrogen-bond acceptors (Lipinski definition) is 1. The minimum atomic E-state index is -0.947. The molecular formula is C14H12F3NO. The molecule has 0 radical (unpaired) electrons. The van der Waals surface area contributed by atoms with Crippen LogP contribution >= 0.6 is 0 Å². The molecular weight excluding hydrogens is 255 g/mol. The van der Waals surface area contributed by atoms with Crippen molar-refractivity contribution < 1.29 is 18.0 Å². The number of allylic oxidation sites excluding steroid dienone is 2. The Morgan fingerprint density at radius 1 is 1.11 bits per heavy atom. The molecule has 2 aliphatic rings. The molecule has 0 aliphatic carbocycles. The van der Waals surface area contributed by atoms with Gasteiger partial charge in [0.2, 0.25) is 5.91 Å². The molecule has 0 bridgehead atoms. The van der Waals surface area contributed by atoms with Gasteiger partial charge in [-0.2, -0.15) is 0 Å². The molecule has 2 nitrogen and oxygen atoms in total. The molecule has 1 amide bonds. The van der Waals surface area contributed by atoms with Crippen LogP contribution in [0.25, 0.3) is 0 Å². The van der Waals surface area contributed by atoms with Crippen molar-refractivity contribution in [2.75, 3.05) is 0 Å². The second-order valence-corrected chi connectivity index (χ2v) is 4.84. The van der Waals surface area contributed by atoms with Crippen molar-refractivity contribution in [2.24, 2.45) is 0 Å². The number of nitrogens with zero attached hydrogens (tertiary/aromatic N) is 1. The van der Waals surface area contributed by atoms with Gasteiger partial charge >= 0.3 is 0 Å². The van der Waals surface area contributed by atoms with E-state index < -0.39 is 23.5 Å². The number of amides is 1. The molecule has 2 aliphatic heterocycles. The number of hydrogen-bond donors (Lipinski definition) is 0. The van der Waals surface area contributed by atoms with Crippen LogP contribution in [0.15, 0.2) is 23.9 Å². The van der Waals surface area contributed by atoms with Gasteiger partial charge in [0.05, 0.1) is 6.04 Å². The van der Waals surface area contributed by atoms with E-state index in [0.717, 1.165) is 5.70 Å². The van der Waals surface area contributed by atoms with Gasteiger partial charge in [0.25, 0.3) is 0 Å². The zero-order chi connectivity index (χ0) is 13.6. The Balaban J connectivity index is 2.06. The van der Waals surface area contributed by atoms with E-state index in [1.807, 2.05) is 6.08 Å². The largest absolute Gasteiger partial charge is 0.309 e. The van der Waals surface area contributed by atoms with E-state index in [4.69, 9.17) is 0 Å². The van der Waals surface area contributed by atoms with Gasteiger partial charge in [0.1, 0.15) is 17.5 Å². The molecule has 0 unspecified atom stereocenters. The SMILES string of the molecule is O=C1CCC=C2CC[C@@H](c3c(F)cc(F)cc3F)N12. The second-order valence-electron chi connectivity index (χ2n) is 4.84. The Labute approximate surface area is 108 Å². The van der Waals surface area contributed by atoms with Gasteiger partial charge in [-0.05, 0) is 19.3 Å². The lowest BCUT2D eigenvalue weighted by Crippen LogP contribution is -2.32. The Morgan fingerprint density at radius 2 is 1.79 bits per heavy atom. The number of benzene rings is 1. The van der Waals surface area contributed by atoms with E-state index in [1.54, 1.807) is 0 Å². The van der Waals surface area contributed by atoms with Crippen molar-refractivity contribution in [2.45, 2.75) is 31.7 Å². The van der Waals surface area contributed by atoms with Gasteiger partial charge in [0.15, 0.2) is 0 Å². The normalized spacial score (nSPS) is 22.5. The number of fused-ring (bicyclic) bond motifs is 1. The van der Waals surface area contributed by atoms with E-state index in [2.05, 4.69) is 0 Å². The van der Waals surface area contributed by atoms with E-state index >= 15 is 0 Å². The zero-order valence-electron chi connectivity index (χ0n) is 10.1. The van der Waals surface area contributed by atoms with E-state index in [-0.39, 0.29) is 11.5 Å². The molecule has 0 spiro atoms. The van der Waals surface area contributed by atoms with Gasteiger partial charge in [-0.25, -0.2) is 13.2 Å². The maximum Gasteiger partial charge on any atom is 0.227 e. The summed E-state index contributed by atoms with van der Waals surface area (Å²) in [5.74, 6) is -2.93. The summed E-state index contributed by atoms with van der Waals surface area (Å²) in [6.45, 7) is 0. The number of carbonyl (C=O) groups excluding carboxylic acids is 1. The summed E-state index contributed by atoms with van der Waals surface area (Å²) >= 11 is 0. The van der Waals surface area contributed by atoms with Crippen molar-refractivity contribution in [3.8, 4) is 0 Å². The summed E-state index contributed by atoms with van der Waals surface area (Å²) in [6, 6.07) is 0.669. The smallest absolute Gasteiger partial charge is 0.227 e. The summed E-state index contributed by atoms with van der Waals surface area (Å²) in [6.07, 6.45) is 4.04. The summed E-state index contributed by atoms with van der Waals surface area (Å²) in [4.78, 5) is 13.4. The van der Waals surface area contributed by atoms with Crippen molar-refractivity contribution in [3.63, 3.8) is 0 Å². The molecule has 19 heavy (non-hydrogen) atoms. The quantitative estimate of drug-likeness (QED) is 0.763. The van der Waals surface area contributed by atoms with Gasteiger partial charge in [-0.1, -0.05) is 6.08 Å². The van der Waals surface area contributed by atoms with Gasteiger partial charge in [0, 0.05) is 29.8 Å². The lowest BCUT2D eigenvalue weighted by molar-refractivity contribution is -0.131. The third kappa shape index (κ3) is 1.93. The molecule has 5 heteroatoms. The first-order valence-electron chi connectivity index (χ1n) is 6.23. The minimum absolute atomic E-state index is 0.122. The fraction of sp³-hybridized carbons (Fsp3) is 0.357. The maximum atomic E-state index is 13.8. The lowest BCUT2D eigenvalue weighted by atomic mass is 10.0. The molecule has 1 aromatic rings. The van der Waals surface area contributed by atoms with Crippen LogP contribution < -0.4 is 0 Å². The Hall–Kier alpha value is -1.78. The highest BCUT2D eigenvalue weighted by atomic mass is 19.1. The number of halogens is 3. The molecule has 1 aromatic carbocycles. The Bertz CT molecular complexity index is 559. The minimum Gasteiger partial charge on any atom is -0.309 e. The van der Waals surface area contributed by atoms with Gasteiger partial charge < -0.3 is 4.90 Å². The van der Waals surface area contributed by atoms with Crippen LogP contribution in [-0.4, -0.2) is 10.8 Å². The zero-order valence-corrected chi connectivity index (χ0v) is 10.1. The van der Waals surface area contributed by atoms with Crippen molar-refractivity contribution in [1.29, 1.82) is 0 Å². The van der Waals surface area contributed by atoms with Gasteiger partial charge in [-0.3, -0.25) is 4.79 Å². The van der Waals surface area contributed by atoms with E-state index in [9.17, 15) is 18.0 Å². The monoisotopic (exact) mass is 267 g/mol. The molecule has 0 aromatic heterocycles. The predicted molar refractivity (Wildman–Crippen MR) is 62.5 cm³/mol. The Kier molecular flexibility index (Phi) is 2.84. The van der Waals surface area contributed by atoms with Crippen LogP contribution in [0.4, 0.5) is 13.2 Å². The predicted octanol–water partition coefficient (Wildman–Crippen LogP) is 3.45. The van der Waals surface area contributed by atoms with Crippen LogP contribution in [0, 0.1) is 17.5 Å². The summed E-state index contributed by atoms with van der Waals surface area (Å²) in [5, 5.41) is 0. The van der Waals surface area contributed by atoms with Crippen LogP contribution in [0.1, 0.15) is 37.3 Å². The second kappa shape index (κ2) is 4.40. The fourth-order valence-electron chi connectivity index (χ4n) is 2.90. The third-order valence-electron chi connectivity index (χ3n) is 3.68. The Morgan fingerprint density at radius 3 is 2.47 bits per heavy atom. The first-order chi connectivity index (χ1) is 9.08. The molecule has 1 saturated heterocycles. The summed E-state index contributed by atoms with van der Waals surface area (Å²) in [7, 11) is 0. The van der Waals surface area contributed by atoms with Crippen LogP contribution in [0.5, 0.6) is 0 Å². The molecule has 0 saturated carbocycles. The van der Waals surface area contributed by atoms with Crippen LogP contribution in [0.2, 0.25) is 0 Å². The van der Waals surface area contributed by atoms with E-state index in [0.29, 0.717) is 37.8 Å². The number of rotatable bonds is 1. The highest BCUT2D eigenvalue weighted by Gasteiger charge is 2.38. The van der Waals surface area contributed by atoms with E-state index in [1.165, 1.54) is 4.90 Å². The summed E-state index contributed by atoms with van der Waals surface area (Å²) < 4.78 is 40.6. The highest BCUT2D eigenvalue weighted by molar-refractivity contribution is 5.80. The molecule has 3 rings (SSSR count). The van der Waals surface area contributed by atoms with Crippen molar-refractivity contribution in [3.05, 3.63) is 46.9 Å². The summed E-state index contributed by atoms with van der Waals surface area (Å²) in [5.41, 5.74) is 0.615. The topological polar surface area (TPSA) is 20.3 Å². The lowest BCUT2D eigenvalue weighted by Gasteiger charge is -2.29. The molecule has 2 heterocycles. The molecule has 1 atom stereocenters. The molecule has 0 N–H and O–H groups in total. The van der Waals surface area contributed by atoms with Crippen LogP contribution in [0.3, 0.4) is 0 Å². The average molecular weight is 267 g/mol.